The van der Waals surface area contributed by atoms with Crippen LogP contribution in [0.2, 0.25) is 0 Å². The molecule has 2 bridgehead atoms. The molecule has 4 rings (SSSR count). The smallest absolute Gasteiger partial charge is 0.289 e. The van der Waals surface area contributed by atoms with Crippen LogP contribution < -0.4 is 5.56 Å². The fourth-order valence-corrected chi connectivity index (χ4v) is 3.95. The van der Waals surface area contributed by atoms with Crippen LogP contribution >= 0.6 is 15.9 Å². The number of carbonyl (C=O) groups is 1. The molecule has 2 aromatic heterocycles. The molecule has 0 unspecified atom stereocenters. The largest absolute Gasteiger partial charge is 0.444 e. The number of hydrogen-bond donors (Lipinski definition) is 0. The van der Waals surface area contributed by atoms with Crippen molar-refractivity contribution < 1.29 is 9.21 Å². The SMILES string of the molecule is O=C(c1ccc(Br)o1)N1C[C@@H]2C[C@H](C1)c1cccc(=O)n1C2. The number of amides is 1. The second kappa shape index (κ2) is 5.12. The van der Waals surface area contributed by atoms with Gasteiger partial charge in [0.15, 0.2) is 10.4 Å². The van der Waals surface area contributed by atoms with Crippen molar-refractivity contribution >= 4 is 21.8 Å². The van der Waals surface area contributed by atoms with Crippen molar-refractivity contribution in [2.45, 2.75) is 18.9 Å². The van der Waals surface area contributed by atoms with Crippen LogP contribution in [-0.4, -0.2) is 28.5 Å². The van der Waals surface area contributed by atoms with E-state index in [0.717, 1.165) is 12.1 Å². The van der Waals surface area contributed by atoms with E-state index in [1.807, 2.05) is 15.5 Å². The first-order valence-electron chi connectivity index (χ1n) is 7.36. The second-order valence-corrected chi connectivity index (χ2v) is 6.79. The summed E-state index contributed by atoms with van der Waals surface area (Å²) in [7, 11) is 0. The summed E-state index contributed by atoms with van der Waals surface area (Å²) in [4.78, 5) is 26.4. The number of halogens is 1. The Hall–Kier alpha value is -1.82. The topological polar surface area (TPSA) is 55.5 Å². The lowest BCUT2D eigenvalue weighted by Crippen LogP contribution is -2.49. The van der Waals surface area contributed by atoms with Crippen molar-refractivity contribution in [3.8, 4) is 0 Å². The van der Waals surface area contributed by atoms with Crippen LogP contribution in [0.4, 0.5) is 0 Å². The van der Waals surface area contributed by atoms with E-state index in [-0.39, 0.29) is 17.4 Å². The van der Waals surface area contributed by atoms with Crippen LogP contribution in [0.15, 0.2) is 44.2 Å². The molecule has 2 aliphatic heterocycles. The van der Waals surface area contributed by atoms with Gasteiger partial charge in [0.05, 0.1) is 0 Å². The van der Waals surface area contributed by atoms with Crippen molar-refractivity contribution in [3.05, 3.63) is 56.8 Å². The molecule has 2 aliphatic rings. The number of pyridine rings is 1. The summed E-state index contributed by atoms with van der Waals surface area (Å²) in [5.41, 5.74) is 1.10. The number of aromatic nitrogens is 1. The summed E-state index contributed by atoms with van der Waals surface area (Å²) in [6.45, 7) is 2.00. The Kier molecular flexibility index (Phi) is 3.22. The van der Waals surface area contributed by atoms with Crippen molar-refractivity contribution in [2.75, 3.05) is 13.1 Å². The van der Waals surface area contributed by atoms with Gasteiger partial charge in [-0.15, -0.1) is 0 Å². The Morgan fingerprint density at radius 3 is 2.82 bits per heavy atom. The van der Waals surface area contributed by atoms with Gasteiger partial charge in [-0.2, -0.15) is 0 Å². The van der Waals surface area contributed by atoms with Crippen LogP contribution in [0, 0.1) is 5.92 Å². The van der Waals surface area contributed by atoms with E-state index in [9.17, 15) is 9.59 Å². The van der Waals surface area contributed by atoms with Gasteiger partial charge in [-0.05, 0) is 46.5 Å². The first-order chi connectivity index (χ1) is 10.6. The normalized spacial score (nSPS) is 23.2. The molecule has 6 heteroatoms. The fourth-order valence-electron chi connectivity index (χ4n) is 3.65. The molecule has 1 fully saturated rings. The minimum absolute atomic E-state index is 0.0574. The third kappa shape index (κ3) is 2.22. The van der Waals surface area contributed by atoms with E-state index in [1.165, 1.54) is 0 Å². The Morgan fingerprint density at radius 1 is 1.18 bits per heavy atom. The van der Waals surface area contributed by atoms with E-state index >= 15 is 0 Å². The van der Waals surface area contributed by atoms with Gasteiger partial charge >= 0.3 is 0 Å². The third-order valence-corrected chi connectivity index (χ3v) is 4.98. The van der Waals surface area contributed by atoms with Crippen LogP contribution in [0.25, 0.3) is 0 Å². The predicted molar refractivity (Wildman–Crippen MR) is 83.9 cm³/mol. The number of furan rings is 1. The Labute approximate surface area is 135 Å². The van der Waals surface area contributed by atoms with Crippen LogP contribution in [-0.2, 0) is 6.54 Å². The number of hydrogen-bond acceptors (Lipinski definition) is 3. The standard InChI is InChI=1S/C16H15BrN2O3/c17-14-5-4-13(22-14)16(21)18-7-10-6-11(9-18)12-2-1-3-15(20)19(12)8-10/h1-5,10-11H,6-9H2/t10-,11+/m0/s1. The molecule has 4 heterocycles. The van der Waals surface area contributed by atoms with Crippen molar-refractivity contribution in [2.24, 2.45) is 5.92 Å². The van der Waals surface area contributed by atoms with E-state index < -0.39 is 0 Å². The number of fused-ring (bicyclic) bond motifs is 4. The first kappa shape index (κ1) is 13.8. The minimum Gasteiger partial charge on any atom is -0.444 e. The lowest BCUT2D eigenvalue weighted by atomic mass is 9.83. The molecule has 1 amide bonds. The van der Waals surface area contributed by atoms with Crippen molar-refractivity contribution in [1.82, 2.24) is 9.47 Å². The van der Waals surface area contributed by atoms with Crippen LogP contribution in [0.3, 0.4) is 0 Å². The van der Waals surface area contributed by atoms with E-state index in [4.69, 9.17) is 4.42 Å². The van der Waals surface area contributed by atoms with Crippen molar-refractivity contribution in [3.63, 3.8) is 0 Å². The number of piperidine rings is 1. The highest BCUT2D eigenvalue weighted by molar-refractivity contribution is 9.10. The van der Waals surface area contributed by atoms with Gasteiger partial charge in [0.25, 0.3) is 11.5 Å². The van der Waals surface area contributed by atoms with Gasteiger partial charge in [0, 0.05) is 37.3 Å². The summed E-state index contributed by atoms with van der Waals surface area (Å²) < 4.78 is 7.80. The minimum atomic E-state index is -0.0767. The highest BCUT2D eigenvalue weighted by Crippen LogP contribution is 2.35. The third-order valence-electron chi connectivity index (χ3n) is 4.55. The molecular weight excluding hydrogens is 348 g/mol. The maximum atomic E-state index is 12.6. The summed E-state index contributed by atoms with van der Waals surface area (Å²) in [5, 5.41) is 0. The first-order valence-corrected chi connectivity index (χ1v) is 8.15. The highest BCUT2D eigenvalue weighted by atomic mass is 79.9. The lowest BCUT2D eigenvalue weighted by Gasteiger charge is -2.42. The number of rotatable bonds is 1. The lowest BCUT2D eigenvalue weighted by molar-refractivity contribution is 0.0562. The average molecular weight is 363 g/mol. The zero-order valence-corrected chi connectivity index (χ0v) is 13.5. The highest BCUT2D eigenvalue weighted by Gasteiger charge is 2.37. The van der Waals surface area contributed by atoms with Gasteiger partial charge in [-0.1, -0.05) is 6.07 Å². The molecule has 0 radical (unpaired) electrons. The van der Waals surface area contributed by atoms with Gasteiger partial charge in [0.1, 0.15) is 0 Å². The predicted octanol–water partition coefficient (Wildman–Crippen LogP) is 2.46. The maximum absolute atomic E-state index is 12.6. The summed E-state index contributed by atoms with van der Waals surface area (Å²) in [5.74, 6) is 0.835. The molecule has 1 saturated heterocycles. The van der Waals surface area contributed by atoms with E-state index in [2.05, 4.69) is 15.9 Å². The Balaban J connectivity index is 1.64. The molecule has 5 nitrogen and oxygen atoms in total. The molecule has 0 saturated carbocycles. The quantitative estimate of drug-likeness (QED) is 0.782. The van der Waals surface area contributed by atoms with E-state index in [1.54, 1.807) is 24.3 Å². The van der Waals surface area contributed by atoms with Crippen LogP contribution in [0.5, 0.6) is 0 Å². The second-order valence-electron chi connectivity index (χ2n) is 6.01. The summed E-state index contributed by atoms with van der Waals surface area (Å²) in [6, 6.07) is 8.83. The molecule has 0 aromatic carbocycles. The van der Waals surface area contributed by atoms with Gasteiger partial charge in [-0.3, -0.25) is 9.59 Å². The molecule has 0 N–H and O–H groups in total. The number of carbonyl (C=O) groups excluding carboxylic acids is 1. The summed E-state index contributed by atoms with van der Waals surface area (Å²) in [6.07, 6.45) is 1.04. The molecule has 22 heavy (non-hydrogen) atoms. The molecule has 0 spiro atoms. The van der Waals surface area contributed by atoms with Crippen LogP contribution in [0.1, 0.15) is 28.6 Å². The molecular formula is C16H15BrN2O3. The zero-order valence-electron chi connectivity index (χ0n) is 11.9. The number of likely N-dealkylation sites (tertiary alicyclic amines) is 1. The maximum Gasteiger partial charge on any atom is 0.289 e. The molecule has 114 valence electrons. The fraction of sp³-hybridized carbons (Fsp3) is 0.375. The van der Waals surface area contributed by atoms with E-state index in [0.29, 0.717) is 36.0 Å². The van der Waals surface area contributed by atoms with Gasteiger partial charge in [0.2, 0.25) is 0 Å². The number of nitrogens with zero attached hydrogens (tertiary/aromatic N) is 2. The van der Waals surface area contributed by atoms with Gasteiger partial charge < -0.3 is 13.9 Å². The monoisotopic (exact) mass is 362 g/mol. The van der Waals surface area contributed by atoms with Crippen molar-refractivity contribution in [1.29, 1.82) is 0 Å². The Bertz CT molecular complexity index is 795. The molecule has 0 aliphatic carbocycles. The average Bonchev–Trinajstić information content (AvgIpc) is 2.94. The van der Waals surface area contributed by atoms with Gasteiger partial charge in [-0.25, -0.2) is 0 Å². The Morgan fingerprint density at radius 2 is 2.05 bits per heavy atom. The molecule has 2 atom stereocenters. The summed E-state index contributed by atoms with van der Waals surface area (Å²) >= 11 is 3.23. The zero-order chi connectivity index (χ0) is 15.3. The molecule has 2 aromatic rings.